The van der Waals surface area contributed by atoms with E-state index in [0.29, 0.717) is 6.92 Å². The van der Waals surface area contributed by atoms with E-state index in [9.17, 15) is 8.42 Å². The van der Waals surface area contributed by atoms with E-state index in [1.165, 1.54) is 0 Å². The van der Waals surface area contributed by atoms with Crippen LogP contribution in [0.25, 0.3) is 0 Å². The predicted molar refractivity (Wildman–Crippen MR) is 78.3 cm³/mol. The molecule has 0 amide bonds. The van der Waals surface area contributed by atoms with E-state index in [-0.39, 0.29) is 0 Å². The van der Waals surface area contributed by atoms with E-state index in [0.717, 1.165) is 30.5 Å². The molecule has 0 aliphatic carbocycles. The molecule has 0 saturated carbocycles. The number of hydrogen-bond donors (Lipinski definition) is 0. The van der Waals surface area contributed by atoms with Crippen molar-refractivity contribution >= 4 is 9.84 Å². The van der Waals surface area contributed by atoms with Gasteiger partial charge in [-0.3, -0.25) is 0 Å². The number of rotatable bonds is 4. The summed E-state index contributed by atoms with van der Waals surface area (Å²) in [5.41, 5.74) is -0.688. The Balaban J connectivity index is 3.04. The molecule has 106 valence electrons. The van der Waals surface area contributed by atoms with Gasteiger partial charge < -0.3 is 4.90 Å². The molecule has 0 N–H and O–H groups in total. The molecule has 1 atom stereocenters. The Morgan fingerprint density at radius 3 is 3.05 bits per heavy atom. The third-order valence-electron chi connectivity index (χ3n) is 2.35. The summed E-state index contributed by atoms with van der Waals surface area (Å²) < 4.78 is 131. The maximum Gasteiger partial charge on any atom is 0.175 e. The molecule has 1 aliphatic rings. The first-order valence-electron chi connectivity index (χ1n) is 11.9. The lowest BCUT2D eigenvalue weighted by Crippen LogP contribution is -2.34. The molecule has 0 radical (unpaired) electrons. The molecule has 0 aromatic heterocycles. The highest BCUT2D eigenvalue weighted by Gasteiger charge is 2.21. The van der Waals surface area contributed by atoms with Crippen LogP contribution >= 0.6 is 0 Å². The summed E-state index contributed by atoms with van der Waals surface area (Å²) in [5, 5.41) is 0. The van der Waals surface area contributed by atoms with Gasteiger partial charge in [0.05, 0.1) is 4.90 Å². The van der Waals surface area contributed by atoms with E-state index in [2.05, 4.69) is 0 Å². The average molecular weight is 295 g/mol. The first-order valence-corrected chi connectivity index (χ1v) is 7.33. The molecular weight excluding hydrogens is 258 g/mol. The summed E-state index contributed by atoms with van der Waals surface area (Å²) in [6, 6.07) is 3.88. The van der Waals surface area contributed by atoms with Crippen molar-refractivity contribution < 1.29 is 26.2 Å². The number of sulfone groups is 1. The lowest BCUT2D eigenvalue weighted by atomic mass is 9.90. The highest BCUT2D eigenvalue weighted by Crippen LogP contribution is 2.28. The second-order valence-corrected chi connectivity index (χ2v) is 5.86. The molecule has 2 rings (SSSR count). The van der Waals surface area contributed by atoms with Crippen molar-refractivity contribution in [3.8, 4) is 0 Å². The number of likely N-dealkylation sites (tertiary alicyclic amines) is 1. The Hall–Kier alpha value is -0.870. The SMILES string of the molecule is [2H]C([2H])(C)C([2H])([2H])N1C([2H])([2H])C([2H])([2H])C([2H])([2H])[C@@]([2H])(c2cccc(S(C)(=O)=O)c2)C1([2H])[2H]. The quantitative estimate of drug-likeness (QED) is 0.857. The fourth-order valence-corrected chi connectivity index (χ4v) is 2.17. The molecule has 4 heteroatoms. The van der Waals surface area contributed by atoms with Crippen LogP contribution in [0.15, 0.2) is 29.2 Å². The molecule has 1 fully saturated rings. The van der Waals surface area contributed by atoms with Gasteiger partial charge in [-0.2, -0.15) is 0 Å². The van der Waals surface area contributed by atoms with Gasteiger partial charge in [0.2, 0.25) is 0 Å². The smallest absolute Gasteiger partial charge is 0.175 e. The highest BCUT2D eigenvalue weighted by molar-refractivity contribution is 7.90. The molecular formula is C15H23NO2S. The lowest BCUT2D eigenvalue weighted by molar-refractivity contribution is 0.208. The van der Waals surface area contributed by atoms with Gasteiger partial charge in [-0.05, 0) is 55.7 Å². The van der Waals surface area contributed by atoms with E-state index in [1.54, 1.807) is 0 Å². The van der Waals surface area contributed by atoms with Crippen LogP contribution in [-0.4, -0.2) is 39.1 Å². The van der Waals surface area contributed by atoms with Gasteiger partial charge in [0.25, 0.3) is 0 Å². The monoisotopic (exact) mass is 294 g/mol. The predicted octanol–water partition coefficient (Wildman–Crippen LogP) is 2.68. The molecule has 1 aliphatic heterocycles. The molecule has 3 nitrogen and oxygen atoms in total. The summed E-state index contributed by atoms with van der Waals surface area (Å²) in [6.45, 7) is -10.4. The number of piperidine rings is 1. The molecule has 0 unspecified atom stereocenters. The van der Waals surface area contributed by atoms with E-state index in [4.69, 9.17) is 17.8 Å². The van der Waals surface area contributed by atoms with Crippen molar-refractivity contribution in [3.05, 3.63) is 29.8 Å². The molecule has 1 aromatic rings. The van der Waals surface area contributed by atoms with Crippen LogP contribution < -0.4 is 0 Å². The number of benzene rings is 1. The van der Waals surface area contributed by atoms with Crippen molar-refractivity contribution in [3.63, 3.8) is 0 Å². The molecule has 1 aromatic carbocycles. The third-order valence-corrected chi connectivity index (χ3v) is 3.46. The van der Waals surface area contributed by atoms with E-state index < -0.39 is 69.7 Å². The van der Waals surface area contributed by atoms with Crippen molar-refractivity contribution in [2.24, 2.45) is 0 Å². The zero-order valence-corrected chi connectivity index (χ0v) is 11.3. The molecule has 0 spiro atoms. The minimum absolute atomic E-state index is 0.422. The van der Waals surface area contributed by atoms with Crippen LogP contribution in [0.5, 0.6) is 0 Å². The van der Waals surface area contributed by atoms with Crippen LogP contribution in [0.2, 0.25) is 0 Å². The maximum atomic E-state index is 12.0. The molecule has 1 saturated heterocycles. The standard InChI is InChI=1S/C15H23NO2S/c1-3-9-16-10-5-7-14(12-16)13-6-4-8-15(11-13)19(2,17)18/h4,6,8,11,14H,3,5,7,9-10,12H2,1-2H3/t14-/m1/s1/i3D2,5D2,7D2,9D2,10D2,12D2,14D. The minimum Gasteiger partial charge on any atom is -0.303 e. The van der Waals surface area contributed by atoms with Crippen molar-refractivity contribution in [1.29, 1.82) is 0 Å². The second-order valence-electron chi connectivity index (χ2n) is 3.85. The second kappa shape index (κ2) is 6.06. The summed E-state index contributed by atoms with van der Waals surface area (Å²) in [5.74, 6) is -3.44. The van der Waals surface area contributed by atoms with E-state index >= 15 is 0 Å². The minimum atomic E-state index is -3.93. The van der Waals surface area contributed by atoms with Gasteiger partial charge >= 0.3 is 0 Å². The Bertz CT molecular complexity index is 1020. The Morgan fingerprint density at radius 2 is 2.37 bits per heavy atom. The Morgan fingerprint density at radius 1 is 1.58 bits per heavy atom. The Labute approximate surface area is 134 Å². The topological polar surface area (TPSA) is 37.4 Å². The summed E-state index contributed by atoms with van der Waals surface area (Å²) in [6.07, 6.45) is -9.62. The largest absolute Gasteiger partial charge is 0.303 e. The van der Waals surface area contributed by atoms with Crippen molar-refractivity contribution in [2.45, 2.75) is 36.8 Å². The number of nitrogens with zero attached hydrogens (tertiary/aromatic N) is 1. The van der Waals surface area contributed by atoms with Crippen LogP contribution in [0.1, 0.15) is 55.3 Å². The van der Waals surface area contributed by atoms with Crippen LogP contribution in [0, 0.1) is 0 Å². The van der Waals surface area contributed by atoms with Gasteiger partial charge in [-0.25, -0.2) is 8.42 Å². The summed E-state index contributed by atoms with van der Waals surface area (Å²) in [7, 11) is -3.93. The molecule has 0 bridgehead atoms. The van der Waals surface area contributed by atoms with Gasteiger partial charge in [-0.15, -0.1) is 0 Å². The highest BCUT2D eigenvalue weighted by atomic mass is 32.2. The molecule has 1 heterocycles. The van der Waals surface area contributed by atoms with Crippen LogP contribution in [0.4, 0.5) is 0 Å². The van der Waals surface area contributed by atoms with Gasteiger partial charge in [0.1, 0.15) is 0 Å². The van der Waals surface area contributed by atoms with Gasteiger partial charge in [-0.1, -0.05) is 19.1 Å². The fourth-order valence-electron chi connectivity index (χ4n) is 1.50. The van der Waals surface area contributed by atoms with Crippen LogP contribution in [0.3, 0.4) is 0 Å². The third kappa shape index (κ3) is 3.80. The zero-order valence-electron chi connectivity index (χ0n) is 23.5. The van der Waals surface area contributed by atoms with Gasteiger partial charge in [0.15, 0.2) is 9.84 Å². The normalized spacial score (nSPS) is 47.6. The first-order chi connectivity index (χ1) is 13.8. The summed E-state index contributed by atoms with van der Waals surface area (Å²) >= 11 is 0. The lowest BCUT2D eigenvalue weighted by Gasteiger charge is -2.32. The average Bonchev–Trinajstić information content (AvgIpc) is 2.57. The van der Waals surface area contributed by atoms with Crippen LogP contribution in [-0.2, 0) is 9.84 Å². The fraction of sp³-hybridized carbons (Fsp3) is 0.600. The molecule has 19 heavy (non-hydrogen) atoms. The van der Waals surface area contributed by atoms with Gasteiger partial charge in [0, 0.05) is 30.6 Å². The number of hydrogen-bond acceptors (Lipinski definition) is 3. The Kier molecular flexibility index (Phi) is 1.64. The van der Waals surface area contributed by atoms with E-state index in [1.807, 2.05) is 0 Å². The first kappa shape index (κ1) is 5.15. The summed E-state index contributed by atoms with van der Waals surface area (Å²) in [4.78, 5) is -0.864. The van der Waals surface area contributed by atoms with Crippen molar-refractivity contribution in [2.75, 3.05) is 25.7 Å². The van der Waals surface area contributed by atoms with Crippen molar-refractivity contribution in [1.82, 2.24) is 4.90 Å². The maximum absolute atomic E-state index is 12.0. The zero-order chi connectivity index (χ0) is 25.6.